The first-order valence-electron chi connectivity index (χ1n) is 6.58. The molecule has 0 radical (unpaired) electrons. The van der Waals surface area contributed by atoms with E-state index in [4.69, 9.17) is 25.5 Å². The van der Waals surface area contributed by atoms with Crippen molar-refractivity contribution in [1.29, 1.82) is 0 Å². The van der Waals surface area contributed by atoms with Crippen molar-refractivity contribution in [3.8, 4) is 11.5 Å². The first-order valence-corrected chi connectivity index (χ1v) is 8.44. The molecular formula is C14H15ClN2O6S. The zero-order valence-electron chi connectivity index (χ0n) is 13.0. The molecule has 0 saturated heterocycles. The van der Waals surface area contributed by atoms with Crippen LogP contribution in [-0.4, -0.2) is 35.6 Å². The molecule has 1 aromatic heterocycles. The molecule has 0 atom stereocenters. The maximum absolute atomic E-state index is 12.2. The number of benzene rings is 1. The highest BCUT2D eigenvalue weighted by Gasteiger charge is 2.21. The van der Waals surface area contributed by atoms with Gasteiger partial charge in [0.25, 0.3) is 15.9 Å². The highest BCUT2D eigenvalue weighted by molar-refractivity contribution is 7.89. The van der Waals surface area contributed by atoms with E-state index < -0.39 is 15.9 Å². The maximum atomic E-state index is 12.2. The second-order valence-corrected chi connectivity index (χ2v) is 6.69. The number of carbonyl (C=O) groups excluding carboxylic acids is 1. The van der Waals surface area contributed by atoms with E-state index in [0.29, 0.717) is 16.5 Å². The fraction of sp³-hybridized carbons (Fsp3) is 0.214. The Kier molecular flexibility index (Phi) is 5.37. The van der Waals surface area contributed by atoms with Crippen molar-refractivity contribution < 1.29 is 27.1 Å². The van der Waals surface area contributed by atoms with Crippen molar-refractivity contribution in [2.75, 3.05) is 26.6 Å². The molecule has 0 aliphatic heterocycles. The Morgan fingerprint density at radius 1 is 1.17 bits per heavy atom. The number of carbonyl (C=O) groups is 1. The summed E-state index contributed by atoms with van der Waals surface area (Å²) in [6, 6.07) is 5.39. The fourth-order valence-corrected chi connectivity index (χ4v) is 2.71. The van der Waals surface area contributed by atoms with Crippen molar-refractivity contribution in [3.05, 3.63) is 35.0 Å². The summed E-state index contributed by atoms with van der Waals surface area (Å²) < 4.78 is 40.7. The molecule has 130 valence electrons. The van der Waals surface area contributed by atoms with Gasteiger partial charge in [0.15, 0.2) is 5.76 Å². The van der Waals surface area contributed by atoms with Gasteiger partial charge in [-0.05, 0) is 19.2 Å². The lowest BCUT2D eigenvalue weighted by Gasteiger charge is -2.12. The van der Waals surface area contributed by atoms with Crippen LogP contribution in [0.4, 0.5) is 5.69 Å². The van der Waals surface area contributed by atoms with Gasteiger partial charge in [-0.15, -0.1) is 0 Å². The average Bonchev–Trinajstić information content (AvgIpc) is 3.07. The van der Waals surface area contributed by atoms with Crippen LogP contribution < -0.4 is 19.5 Å². The normalized spacial score (nSPS) is 11.2. The summed E-state index contributed by atoms with van der Waals surface area (Å²) in [7, 11) is 0.313. The number of rotatable bonds is 6. The van der Waals surface area contributed by atoms with Crippen LogP contribution in [-0.2, 0) is 10.0 Å². The van der Waals surface area contributed by atoms with E-state index in [2.05, 4.69) is 10.0 Å². The lowest BCUT2D eigenvalue weighted by atomic mass is 10.2. The van der Waals surface area contributed by atoms with Crippen molar-refractivity contribution >= 4 is 33.2 Å². The Morgan fingerprint density at radius 3 is 2.42 bits per heavy atom. The van der Waals surface area contributed by atoms with Crippen molar-refractivity contribution in [2.45, 2.75) is 5.09 Å². The summed E-state index contributed by atoms with van der Waals surface area (Å²) in [5, 5.41) is 2.50. The van der Waals surface area contributed by atoms with E-state index in [1.807, 2.05) is 0 Å². The number of methoxy groups -OCH3 is 2. The molecule has 0 fully saturated rings. The number of ether oxygens (including phenoxy) is 2. The standard InChI is InChI=1S/C14H15ClN2O6S/c1-16-24(19,20)13-5-4-10(23-13)14(18)17-9-7-11(21-2)8(15)6-12(9)22-3/h4-7,16H,1-3H3,(H,17,18). The van der Waals surface area contributed by atoms with E-state index in [1.165, 1.54) is 45.5 Å². The van der Waals surface area contributed by atoms with Crippen molar-refractivity contribution in [2.24, 2.45) is 0 Å². The number of hydrogen-bond donors (Lipinski definition) is 2. The molecule has 1 heterocycles. The number of nitrogens with one attached hydrogen (secondary N) is 2. The molecule has 2 rings (SSSR count). The first kappa shape index (κ1) is 18.1. The maximum Gasteiger partial charge on any atom is 0.291 e. The fourth-order valence-electron chi connectivity index (χ4n) is 1.83. The summed E-state index contributed by atoms with van der Waals surface area (Å²) in [6.45, 7) is 0. The number of amides is 1. The van der Waals surface area contributed by atoms with Gasteiger partial charge in [-0.3, -0.25) is 4.79 Å². The van der Waals surface area contributed by atoms with Crippen LogP contribution in [0.3, 0.4) is 0 Å². The Morgan fingerprint density at radius 2 is 1.83 bits per heavy atom. The second kappa shape index (κ2) is 7.12. The molecule has 2 N–H and O–H groups in total. The summed E-state index contributed by atoms with van der Waals surface area (Å²) >= 11 is 5.99. The number of halogens is 1. The molecular weight excluding hydrogens is 360 g/mol. The van der Waals surface area contributed by atoms with Gasteiger partial charge in [0, 0.05) is 12.1 Å². The van der Waals surface area contributed by atoms with E-state index in [0.717, 1.165) is 0 Å². The van der Waals surface area contributed by atoms with Crippen molar-refractivity contribution in [1.82, 2.24) is 4.72 Å². The molecule has 1 amide bonds. The molecule has 1 aromatic carbocycles. The smallest absolute Gasteiger partial charge is 0.291 e. The zero-order chi connectivity index (χ0) is 17.9. The van der Waals surface area contributed by atoms with Crippen LogP contribution in [0.1, 0.15) is 10.6 Å². The SMILES string of the molecule is CNS(=O)(=O)c1ccc(C(=O)Nc2cc(OC)c(Cl)cc2OC)o1. The molecule has 0 aliphatic rings. The van der Waals surface area contributed by atoms with Crippen LogP contribution >= 0.6 is 11.6 Å². The number of sulfonamides is 1. The van der Waals surface area contributed by atoms with E-state index in [-0.39, 0.29) is 16.5 Å². The Balaban J connectivity index is 2.30. The minimum atomic E-state index is -3.77. The predicted molar refractivity (Wildman–Crippen MR) is 87.5 cm³/mol. The van der Waals surface area contributed by atoms with Gasteiger partial charge in [-0.1, -0.05) is 11.6 Å². The number of anilines is 1. The third kappa shape index (κ3) is 3.64. The minimum absolute atomic E-state index is 0.181. The summed E-state index contributed by atoms with van der Waals surface area (Å²) in [5.74, 6) is -0.190. The van der Waals surface area contributed by atoms with E-state index in [1.54, 1.807) is 0 Å². The largest absolute Gasteiger partial charge is 0.495 e. The van der Waals surface area contributed by atoms with Gasteiger partial charge >= 0.3 is 0 Å². The predicted octanol–water partition coefficient (Wildman–Crippen LogP) is 2.11. The van der Waals surface area contributed by atoms with Crippen LogP contribution in [0.15, 0.2) is 33.8 Å². The summed E-state index contributed by atoms with van der Waals surface area (Å²) in [5.41, 5.74) is 0.290. The number of hydrogen-bond acceptors (Lipinski definition) is 6. The van der Waals surface area contributed by atoms with Gasteiger partial charge in [0.2, 0.25) is 5.09 Å². The average molecular weight is 375 g/mol. The van der Waals surface area contributed by atoms with E-state index >= 15 is 0 Å². The third-order valence-electron chi connectivity index (χ3n) is 3.06. The molecule has 2 aromatic rings. The topological polar surface area (TPSA) is 107 Å². The van der Waals surface area contributed by atoms with Gasteiger partial charge in [0.05, 0.1) is 24.9 Å². The summed E-state index contributed by atoms with van der Waals surface area (Å²) in [6.07, 6.45) is 0. The van der Waals surface area contributed by atoms with Gasteiger partial charge in [-0.25, -0.2) is 13.1 Å². The van der Waals surface area contributed by atoms with Crippen LogP contribution in [0, 0.1) is 0 Å². The number of furan rings is 1. The molecule has 8 nitrogen and oxygen atoms in total. The first-order chi connectivity index (χ1) is 11.3. The Bertz CT molecular complexity index is 862. The van der Waals surface area contributed by atoms with Gasteiger partial charge < -0.3 is 19.2 Å². The minimum Gasteiger partial charge on any atom is -0.495 e. The summed E-state index contributed by atoms with van der Waals surface area (Å²) in [4.78, 5) is 12.2. The van der Waals surface area contributed by atoms with Crippen molar-refractivity contribution in [3.63, 3.8) is 0 Å². The second-order valence-electron chi connectivity index (χ2n) is 4.47. The molecule has 10 heteroatoms. The van der Waals surface area contributed by atoms with Crippen LogP contribution in [0.25, 0.3) is 0 Å². The highest BCUT2D eigenvalue weighted by Crippen LogP contribution is 2.36. The van der Waals surface area contributed by atoms with Crippen LogP contribution in [0.2, 0.25) is 5.02 Å². The highest BCUT2D eigenvalue weighted by atomic mass is 35.5. The molecule has 0 spiro atoms. The zero-order valence-corrected chi connectivity index (χ0v) is 14.6. The van der Waals surface area contributed by atoms with E-state index in [9.17, 15) is 13.2 Å². The van der Waals surface area contributed by atoms with Gasteiger partial charge in [-0.2, -0.15) is 0 Å². The molecule has 24 heavy (non-hydrogen) atoms. The lowest BCUT2D eigenvalue weighted by Crippen LogP contribution is -2.18. The van der Waals surface area contributed by atoms with Gasteiger partial charge in [0.1, 0.15) is 11.5 Å². The monoisotopic (exact) mass is 374 g/mol. The Hall–Kier alpha value is -2.23. The quantitative estimate of drug-likeness (QED) is 0.801. The lowest BCUT2D eigenvalue weighted by molar-refractivity contribution is 0.0991. The Labute approximate surface area is 143 Å². The molecule has 0 unspecified atom stereocenters. The molecule has 0 aliphatic carbocycles. The van der Waals surface area contributed by atoms with Crippen LogP contribution in [0.5, 0.6) is 11.5 Å². The third-order valence-corrected chi connectivity index (χ3v) is 4.64. The molecule has 0 saturated carbocycles. The molecule has 0 bridgehead atoms.